The highest BCUT2D eigenvalue weighted by molar-refractivity contribution is 7.92. The molecule has 0 spiro atoms. The van der Waals surface area contributed by atoms with Gasteiger partial charge in [-0.15, -0.1) is 0 Å². The second-order valence-electron chi connectivity index (χ2n) is 5.15. The zero-order chi connectivity index (χ0) is 14.8. The lowest BCUT2D eigenvalue weighted by molar-refractivity contribution is -0.132. The number of rotatable bonds is 4. The Balaban J connectivity index is 1.86. The standard InChI is InChI=1S/C13H20N2O4S/c1-11(20(2,17)18)13(16)15-7-5-14(6-8-15)10-12-4-3-9-19-12/h3-4,9,11H,5-8,10H2,1-2H3/t11-/m0/s1. The Morgan fingerprint density at radius 1 is 1.35 bits per heavy atom. The molecule has 0 bridgehead atoms. The lowest BCUT2D eigenvalue weighted by atomic mass is 10.2. The van der Waals surface area contributed by atoms with E-state index in [1.54, 1.807) is 11.2 Å². The summed E-state index contributed by atoms with van der Waals surface area (Å²) in [7, 11) is -3.33. The van der Waals surface area contributed by atoms with Gasteiger partial charge in [0.15, 0.2) is 9.84 Å². The Labute approximate surface area is 119 Å². The van der Waals surface area contributed by atoms with Crippen molar-refractivity contribution in [1.29, 1.82) is 0 Å². The van der Waals surface area contributed by atoms with Gasteiger partial charge < -0.3 is 9.32 Å². The quantitative estimate of drug-likeness (QED) is 0.803. The normalized spacial score (nSPS) is 19.0. The third kappa shape index (κ3) is 3.61. The summed E-state index contributed by atoms with van der Waals surface area (Å²) >= 11 is 0. The van der Waals surface area contributed by atoms with Gasteiger partial charge >= 0.3 is 0 Å². The molecule has 0 N–H and O–H groups in total. The number of furan rings is 1. The van der Waals surface area contributed by atoms with Gasteiger partial charge in [0.25, 0.3) is 0 Å². The van der Waals surface area contributed by atoms with Crippen molar-refractivity contribution >= 4 is 15.7 Å². The fourth-order valence-electron chi connectivity index (χ4n) is 2.19. The van der Waals surface area contributed by atoms with E-state index in [0.29, 0.717) is 13.1 Å². The first-order valence-electron chi connectivity index (χ1n) is 6.60. The van der Waals surface area contributed by atoms with Crippen molar-refractivity contribution in [2.45, 2.75) is 18.7 Å². The summed E-state index contributed by atoms with van der Waals surface area (Å²) in [4.78, 5) is 15.9. The summed E-state index contributed by atoms with van der Waals surface area (Å²) in [6.07, 6.45) is 2.74. The zero-order valence-corrected chi connectivity index (χ0v) is 12.6. The molecule has 7 heteroatoms. The highest BCUT2D eigenvalue weighted by atomic mass is 32.2. The van der Waals surface area contributed by atoms with Crippen molar-refractivity contribution in [2.75, 3.05) is 32.4 Å². The minimum atomic E-state index is -3.33. The van der Waals surface area contributed by atoms with Gasteiger partial charge in [0.1, 0.15) is 11.0 Å². The fraction of sp³-hybridized carbons (Fsp3) is 0.615. The van der Waals surface area contributed by atoms with Gasteiger partial charge in [-0.1, -0.05) is 0 Å². The monoisotopic (exact) mass is 300 g/mol. The molecule has 0 aromatic carbocycles. The smallest absolute Gasteiger partial charge is 0.240 e. The van der Waals surface area contributed by atoms with Crippen LogP contribution in [0.5, 0.6) is 0 Å². The summed E-state index contributed by atoms with van der Waals surface area (Å²) in [5, 5.41) is -0.959. The van der Waals surface area contributed by atoms with Crippen LogP contribution in [0.4, 0.5) is 0 Å². The summed E-state index contributed by atoms with van der Waals surface area (Å²) in [5.41, 5.74) is 0. The number of nitrogens with zero attached hydrogens (tertiary/aromatic N) is 2. The van der Waals surface area contributed by atoms with Gasteiger partial charge in [0.05, 0.1) is 12.8 Å². The molecule has 1 aliphatic heterocycles. The Morgan fingerprint density at radius 3 is 2.50 bits per heavy atom. The summed E-state index contributed by atoms with van der Waals surface area (Å²) in [5.74, 6) is 0.597. The molecule has 1 amide bonds. The molecule has 1 atom stereocenters. The van der Waals surface area contributed by atoms with E-state index >= 15 is 0 Å². The molecule has 1 saturated heterocycles. The van der Waals surface area contributed by atoms with E-state index in [1.807, 2.05) is 12.1 Å². The minimum absolute atomic E-state index is 0.301. The van der Waals surface area contributed by atoms with Crippen molar-refractivity contribution in [2.24, 2.45) is 0 Å². The Kier molecular flexibility index (Phi) is 4.49. The lowest BCUT2D eigenvalue weighted by Gasteiger charge is -2.35. The summed E-state index contributed by atoms with van der Waals surface area (Å²) in [6.45, 7) is 4.73. The number of carbonyl (C=O) groups excluding carboxylic acids is 1. The predicted molar refractivity (Wildman–Crippen MR) is 74.9 cm³/mol. The molecule has 2 heterocycles. The van der Waals surface area contributed by atoms with Crippen molar-refractivity contribution in [3.8, 4) is 0 Å². The van der Waals surface area contributed by atoms with Crippen LogP contribution in [0.15, 0.2) is 22.8 Å². The first-order valence-corrected chi connectivity index (χ1v) is 8.56. The predicted octanol–water partition coefficient (Wildman–Crippen LogP) is 0.357. The molecular formula is C13H20N2O4S. The van der Waals surface area contributed by atoms with E-state index < -0.39 is 15.1 Å². The van der Waals surface area contributed by atoms with Crippen LogP contribution in [0.3, 0.4) is 0 Å². The first kappa shape index (κ1) is 15.1. The molecule has 0 radical (unpaired) electrons. The Morgan fingerprint density at radius 2 is 2.00 bits per heavy atom. The molecule has 6 nitrogen and oxygen atoms in total. The number of carbonyl (C=O) groups is 1. The zero-order valence-electron chi connectivity index (χ0n) is 11.8. The van der Waals surface area contributed by atoms with Crippen molar-refractivity contribution in [3.05, 3.63) is 24.2 Å². The van der Waals surface area contributed by atoms with Gasteiger partial charge in [0, 0.05) is 32.4 Å². The van der Waals surface area contributed by atoms with E-state index in [9.17, 15) is 13.2 Å². The average molecular weight is 300 g/mol. The van der Waals surface area contributed by atoms with Crippen molar-refractivity contribution < 1.29 is 17.6 Å². The number of hydrogen-bond acceptors (Lipinski definition) is 5. The average Bonchev–Trinajstić information content (AvgIpc) is 2.90. The molecular weight excluding hydrogens is 280 g/mol. The molecule has 1 aromatic rings. The largest absolute Gasteiger partial charge is 0.468 e. The number of piperazine rings is 1. The second kappa shape index (κ2) is 5.97. The van der Waals surface area contributed by atoms with Gasteiger partial charge in [-0.05, 0) is 19.1 Å². The van der Waals surface area contributed by atoms with Crippen LogP contribution in [-0.4, -0.2) is 61.8 Å². The van der Waals surface area contributed by atoms with Gasteiger partial charge in [-0.3, -0.25) is 9.69 Å². The van der Waals surface area contributed by atoms with Crippen LogP contribution in [0, 0.1) is 0 Å². The van der Waals surface area contributed by atoms with Crippen molar-refractivity contribution in [1.82, 2.24) is 9.80 Å². The van der Waals surface area contributed by atoms with Gasteiger partial charge in [0.2, 0.25) is 5.91 Å². The van der Waals surface area contributed by atoms with Gasteiger partial charge in [-0.25, -0.2) is 8.42 Å². The molecule has 112 valence electrons. The van der Waals surface area contributed by atoms with Crippen LogP contribution in [0.1, 0.15) is 12.7 Å². The minimum Gasteiger partial charge on any atom is -0.468 e. The van der Waals surface area contributed by atoms with Crippen LogP contribution in [-0.2, 0) is 21.2 Å². The maximum Gasteiger partial charge on any atom is 0.240 e. The summed E-state index contributed by atoms with van der Waals surface area (Å²) in [6, 6.07) is 3.77. The number of hydrogen-bond donors (Lipinski definition) is 0. The number of amides is 1. The first-order chi connectivity index (χ1) is 9.38. The molecule has 1 fully saturated rings. The molecule has 20 heavy (non-hydrogen) atoms. The van der Waals surface area contributed by atoms with Crippen LogP contribution in [0.25, 0.3) is 0 Å². The Hall–Kier alpha value is -1.34. The molecule has 0 aliphatic carbocycles. The molecule has 1 aromatic heterocycles. The van der Waals surface area contributed by atoms with E-state index in [2.05, 4.69) is 4.90 Å². The fourth-order valence-corrected chi connectivity index (χ4v) is 2.70. The molecule has 0 saturated carbocycles. The second-order valence-corrected chi connectivity index (χ2v) is 7.52. The van der Waals surface area contributed by atoms with Gasteiger partial charge in [-0.2, -0.15) is 0 Å². The summed E-state index contributed by atoms with van der Waals surface area (Å²) < 4.78 is 28.1. The maximum atomic E-state index is 12.1. The molecule has 1 aliphatic rings. The Bertz CT molecular complexity index is 545. The maximum absolute atomic E-state index is 12.1. The van der Waals surface area contributed by atoms with E-state index in [0.717, 1.165) is 31.7 Å². The highest BCUT2D eigenvalue weighted by Crippen LogP contribution is 2.11. The van der Waals surface area contributed by atoms with Crippen molar-refractivity contribution in [3.63, 3.8) is 0 Å². The van der Waals surface area contributed by atoms with Crippen LogP contribution >= 0.6 is 0 Å². The number of sulfone groups is 1. The highest BCUT2D eigenvalue weighted by Gasteiger charge is 2.30. The third-order valence-electron chi connectivity index (χ3n) is 3.63. The molecule has 2 rings (SSSR count). The lowest BCUT2D eigenvalue weighted by Crippen LogP contribution is -2.51. The van der Waals surface area contributed by atoms with Crippen LogP contribution < -0.4 is 0 Å². The van der Waals surface area contributed by atoms with Crippen LogP contribution in [0.2, 0.25) is 0 Å². The molecule has 0 unspecified atom stereocenters. The topological polar surface area (TPSA) is 70.8 Å². The third-order valence-corrected chi connectivity index (χ3v) is 5.12. The SMILES string of the molecule is C[C@@H](C(=O)N1CCN(Cc2ccco2)CC1)S(C)(=O)=O. The van der Waals surface area contributed by atoms with E-state index in [-0.39, 0.29) is 5.91 Å². The van der Waals surface area contributed by atoms with E-state index in [1.165, 1.54) is 6.92 Å². The van der Waals surface area contributed by atoms with E-state index in [4.69, 9.17) is 4.42 Å².